The predicted octanol–water partition coefficient (Wildman–Crippen LogP) is 2.59. The molecule has 0 radical (unpaired) electrons. The van der Waals surface area contributed by atoms with E-state index in [0.717, 1.165) is 37.8 Å². The van der Waals surface area contributed by atoms with Crippen LogP contribution in [0.1, 0.15) is 64.6 Å². The Kier molecular flexibility index (Phi) is 3.95. The molecule has 3 rings (SSSR count). The number of piperidine rings is 1. The van der Waals surface area contributed by atoms with E-state index in [2.05, 4.69) is 28.9 Å². The van der Waals surface area contributed by atoms with E-state index in [1.165, 1.54) is 38.5 Å². The van der Waals surface area contributed by atoms with Crippen molar-refractivity contribution in [2.24, 2.45) is 11.1 Å². The smallest absolute Gasteiger partial charge is 0.244 e. The standard InChI is InChI=1S/C16H29N5/c1-3-16(8-4-5-9-16)13-18-14(20-19-13)21-10-6-7-15(2,11-17)12-21/h3-12,17H2,1-2H3,(H,18,19,20). The Labute approximate surface area is 127 Å². The zero-order valence-electron chi connectivity index (χ0n) is 13.5. The van der Waals surface area contributed by atoms with Crippen molar-refractivity contribution in [1.29, 1.82) is 0 Å². The van der Waals surface area contributed by atoms with Gasteiger partial charge in [-0.15, -0.1) is 5.10 Å². The Morgan fingerprint density at radius 2 is 2.00 bits per heavy atom. The molecule has 5 nitrogen and oxygen atoms in total. The molecule has 1 unspecified atom stereocenters. The maximum atomic E-state index is 5.95. The molecule has 5 heteroatoms. The van der Waals surface area contributed by atoms with Crippen molar-refractivity contribution in [1.82, 2.24) is 15.2 Å². The minimum absolute atomic E-state index is 0.203. The van der Waals surface area contributed by atoms with E-state index in [4.69, 9.17) is 10.7 Å². The fraction of sp³-hybridized carbons (Fsp3) is 0.875. The SMILES string of the molecule is CCC1(c2nc(N3CCCC(C)(CN)C3)n[nH]2)CCCC1. The van der Waals surface area contributed by atoms with E-state index in [-0.39, 0.29) is 10.8 Å². The van der Waals surface area contributed by atoms with Crippen molar-refractivity contribution in [2.75, 3.05) is 24.5 Å². The number of rotatable bonds is 4. The first-order chi connectivity index (χ1) is 10.1. The highest BCUT2D eigenvalue weighted by atomic mass is 15.4. The molecular formula is C16H29N5. The molecule has 1 saturated carbocycles. The third-order valence-corrected chi connectivity index (χ3v) is 5.77. The largest absolute Gasteiger partial charge is 0.339 e. The van der Waals surface area contributed by atoms with Crippen LogP contribution in [0.3, 0.4) is 0 Å². The Morgan fingerprint density at radius 3 is 2.67 bits per heavy atom. The summed E-state index contributed by atoms with van der Waals surface area (Å²) in [5.41, 5.74) is 6.40. The first-order valence-corrected chi connectivity index (χ1v) is 8.49. The number of nitrogens with one attached hydrogen (secondary N) is 1. The molecule has 1 aliphatic heterocycles. The molecule has 2 fully saturated rings. The Morgan fingerprint density at radius 1 is 1.24 bits per heavy atom. The molecule has 1 aromatic heterocycles. The Balaban J connectivity index is 1.78. The fourth-order valence-electron chi connectivity index (χ4n) is 4.09. The second-order valence-electron chi connectivity index (χ2n) is 7.36. The Bertz CT molecular complexity index is 477. The number of hydrogen-bond donors (Lipinski definition) is 2. The minimum atomic E-state index is 0.203. The van der Waals surface area contributed by atoms with Crippen LogP contribution in [-0.2, 0) is 5.41 Å². The van der Waals surface area contributed by atoms with Crippen molar-refractivity contribution >= 4 is 5.95 Å². The number of nitrogens with zero attached hydrogens (tertiary/aromatic N) is 3. The van der Waals surface area contributed by atoms with Crippen molar-refractivity contribution in [3.05, 3.63) is 5.82 Å². The average molecular weight is 291 g/mol. The maximum Gasteiger partial charge on any atom is 0.244 e. The van der Waals surface area contributed by atoms with Crippen LogP contribution in [0.2, 0.25) is 0 Å². The van der Waals surface area contributed by atoms with Gasteiger partial charge in [-0.1, -0.05) is 26.7 Å². The summed E-state index contributed by atoms with van der Waals surface area (Å²) in [6, 6.07) is 0. The summed E-state index contributed by atoms with van der Waals surface area (Å²) in [6.07, 6.45) is 8.67. The van der Waals surface area contributed by atoms with E-state index in [0.29, 0.717) is 0 Å². The van der Waals surface area contributed by atoms with Gasteiger partial charge in [-0.3, -0.25) is 5.10 Å². The van der Waals surface area contributed by atoms with Crippen LogP contribution in [0.25, 0.3) is 0 Å². The molecule has 3 N–H and O–H groups in total. The number of hydrogen-bond acceptors (Lipinski definition) is 4. The van der Waals surface area contributed by atoms with Crippen molar-refractivity contribution in [3.63, 3.8) is 0 Å². The van der Waals surface area contributed by atoms with E-state index in [1.54, 1.807) is 0 Å². The van der Waals surface area contributed by atoms with Crippen LogP contribution in [0.5, 0.6) is 0 Å². The molecule has 2 aliphatic rings. The summed E-state index contributed by atoms with van der Waals surface area (Å²) in [5, 5.41) is 7.77. The average Bonchev–Trinajstić information content (AvgIpc) is 3.17. The molecule has 0 bridgehead atoms. The number of anilines is 1. The summed E-state index contributed by atoms with van der Waals surface area (Å²) >= 11 is 0. The third-order valence-electron chi connectivity index (χ3n) is 5.77. The normalized spacial score (nSPS) is 29.0. The zero-order valence-corrected chi connectivity index (χ0v) is 13.5. The van der Waals surface area contributed by atoms with Crippen LogP contribution < -0.4 is 10.6 Å². The molecule has 21 heavy (non-hydrogen) atoms. The molecule has 1 aromatic rings. The lowest BCUT2D eigenvalue weighted by molar-refractivity contribution is 0.270. The second-order valence-corrected chi connectivity index (χ2v) is 7.36. The lowest BCUT2D eigenvalue weighted by atomic mass is 9.82. The number of aromatic nitrogens is 3. The molecule has 118 valence electrons. The number of nitrogens with two attached hydrogens (primary N) is 1. The van der Waals surface area contributed by atoms with Crippen LogP contribution in [-0.4, -0.2) is 34.8 Å². The summed E-state index contributed by atoms with van der Waals surface area (Å²) < 4.78 is 0. The van der Waals surface area contributed by atoms with Crippen molar-refractivity contribution in [3.8, 4) is 0 Å². The van der Waals surface area contributed by atoms with E-state index < -0.39 is 0 Å². The molecule has 0 aromatic carbocycles. The van der Waals surface area contributed by atoms with Crippen LogP contribution in [0.4, 0.5) is 5.95 Å². The molecule has 1 atom stereocenters. The molecule has 0 amide bonds. The molecule has 0 spiro atoms. The third kappa shape index (κ3) is 2.68. The minimum Gasteiger partial charge on any atom is -0.339 e. The van der Waals surface area contributed by atoms with Gasteiger partial charge in [-0.25, -0.2) is 0 Å². The monoisotopic (exact) mass is 291 g/mol. The van der Waals surface area contributed by atoms with E-state index >= 15 is 0 Å². The number of H-pyrrole nitrogens is 1. The van der Waals surface area contributed by atoms with Crippen molar-refractivity contribution in [2.45, 2.75) is 64.2 Å². The van der Waals surface area contributed by atoms with Crippen LogP contribution in [0.15, 0.2) is 0 Å². The highest BCUT2D eigenvalue weighted by Gasteiger charge is 2.38. The lowest BCUT2D eigenvalue weighted by Crippen LogP contribution is -2.46. The summed E-state index contributed by atoms with van der Waals surface area (Å²) in [7, 11) is 0. The van der Waals surface area contributed by atoms with Crippen molar-refractivity contribution < 1.29 is 0 Å². The van der Waals surface area contributed by atoms with Gasteiger partial charge in [0.25, 0.3) is 0 Å². The molecule has 2 heterocycles. The van der Waals surface area contributed by atoms with E-state index in [9.17, 15) is 0 Å². The van der Waals surface area contributed by atoms with Gasteiger partial charge in [0.15, 0.2) is 0 Å². The topological polar surface area (TPSA) is 70.8 Å². The summed E-state index contributed by atoms with van der Waals surface area (Å²) in [6.45, 7) is 7.31. The first-order valence-electron chi connectivity index (χ1n) is 8.49. The Hall–Kier alpha value is -1.10. The highest BCUT2D eigenvalue weighted by Crippen LogP contribution is 2.42. The van der Waals surface area contributed by atoms with Gasteiger partial charge in [0.05, 0.1) is 0 Å². The van der Waals surface area contributed by atoms with Gasteiger partial charge >= 0.3 is 0 Å². The quantitative estimate of drug-likeness (QED) is 0.894. The maximum absolute atomic E-state index is 5.95. The molecular weight excluding hydrogens is 262 g/mol. The molecule has 1 saturated heterocycles. The summed E-state index contributed by atoms with van der Waals surface area (Å²) in [4.78, 5) is 7.19. The first kappa shape index (κ1) is 14.8. The van der Waals surface area contributed by atoms with E-state index in [1.807, 2.05) is 0 Å². The molecule has 1 aliphatic carbocycles. The van der Waals surface area contributed by atoms with Crippen LogP contribution in [0, 0.1) is 5.41 Å². The zero-order chi connectivity index (χ0) is 14.9. The fourth-order valence-corrected chi connectivity index (χ4v) is 4.09. The van der Waals surface area contributed by atoms with Crippen LogP contribution >= 0.6 is 0 Å². The highest BCUT2D eigenvalue weighted by molar-refractivity contribution is 5.32. The summed E-state index contributed by atoms with van der Waals surface area (Å²) in [5.74, 6) is 1.99. The predicted molar refractivity (Wildman–Crippen MR) is 85.4 cm³/mol. The second kappa shape index (κ2) is 5.59. The lowest BCUT2D eigenvalue weighted by Gasteiger charge is -2.39. The van der Waals surface area contributed by atoms with Gasteiger partial charge in [0.2, 0.25) is 5.95 Å². The van der Waals surface area contributed by atoms with Gasteiger partial charge in [0, 0.05) is 18.5 Å². The number of aromatic amines is 1. The van der Waals surface area contributed by atoms with Gasteiger partial charge in [-0.05, 0) is 44.1 Å². The van der Waals surface area contributed by atoms with Gasteiger partial charge in [0.1, 0.15) is 5.82 Å². The van der Waals surface area contributed by atoms with Gasteiger partial charge < -0.3 is 10.6 Å². The van der Waals surface area contributed by atoms with Gasteiger partial charge in [-0.2, -0.15) is 4.98 Å².